The zero-order chi connectivity index (χ0) is 11.4. The first-order valence-corrected chi connectivity index (χ1v) is 6.08. The minimum Gasteiger partial charge on any atom is -0.313 e. The van der Waals surface area contributed by atoms with E-state index in [-0.39, 0.29) is 0 Å². The van der Waals surface area contributed by atoms with Crippen molar-refractivity contribution in [2.75, 3.05) is 20.1 Å². The predicted molar refractivity (Wildman–Crippen MR) is 66.3 cm³/mol. The molecule has 2 heterocycles. The first-order chi connectivity index (χ1) is 7.75. The molecule has 1 atom stereocenters. The Kier molecular flexibility index (Phi) is 3.91. The van der Waals surface area contributed by atoms with E-state index in [4.69, 9.17) is 0 Å². The number of aromatic nitrogens is 1. The SMILES string of the molecule is Cc1cccnc1CN(C)CC1CCCN1. The number of likely N-dealkylation sites (N-methyl/N-ethyl adjacent to an activating group) is 1. The molecule has 88 valence electrons. The minimum atomic E-state index is 0.675. The van der Waals surface area contributed by atoms with Crippen LogP contribution in [0.4, 0.5) is 0 Å². The summed E-state index contributed by atoms with van der Waals surface area (Å²) in [4.78, 5) is 6.79. The molecule has 1 N–H and O–H groups in total. The van der Waals surface area contributed by atoms with Crippen molar-refractivity contribution in [1.82, 2.24) is 15.2 Å². The molecule has 3 heteroatoms. The average Bonchev–Trinajstić information content (AvgIpc) is 2.74. The number of nitrogens with one attached hydrogen (secondary N) is 1. The molecule has 1 aromatic rings. The van der Waals surface area contributed by atoms with Crippen LogP contribution < -0.4 is 5.32 Å². The molecule has 1 saturated heterocycles. The number of rotatable bonds is 4. The van der Waals surface area contributed by atoms with E-state index in [1.54, 1.807) is 0 Å². The monoisotopic (exact) mass is 219 g/mol. The van der Waals surface area contributed by atoms with Crippen LogP contribution in [-0.2, 0) is 6.54 Å². The van der Waals surface area contributed by atoms with Crippen LogP contribution in [0.1, 0.15) is 24.1 Å². The van der Waals surface area contributed by atoms with Crippen LogP contribution in [0.25, 0.3) is 0 Å². The van der Waals surface area contributed by atoms with Crippen molar-refractivity contribution in [3.05, 3.63) is 29.6 Å². The Balaban J connectivity index is 1.86. The highest BCUT2D eigenvalue weighted by Crippen LogP contribution is 2.09. The lowest BCUT2D eigenvalue weighted by molar-refractivity contribution is 0.289. The molecular weight excluding hydrogens is 198 g/mol. The summed E-state index contributed by atoms with van der Waals surface area (Å²) < 4.78 is 0. The minimum absolute atomic E-state index is 0.675. The van der Waals surface area contributed by atoms with E-state index in [0.717, 1.165) is 13.1 Å². The number of hydrogen-bond donors (Lipinski definition) is 1. The number of nitrogens with zero attached hydrogens (tertiary/aromatic N) is 2. The van der Waals surface area contributed by atoms with Crippen molar-refractivity contribution in [1.29, 1.82) is 0 Å². The van der Waals surface area contributed by atoms with Gasteiger partial charge in [-0.1, -0.05) is 6.07 Å². The molecule has 0 radical (unpaired) electrons. The van der Waals surface area contributed by atoms with Gasteiger partial charge in [-0.15, -0.1) is 0 Å². The number of pyridine rings is 1. The lowest BCUT2D eigenvalue weighted by Crippen LogP contribution is -2.35. The molecular formula is C13H21N3. The lowest BCUT2D eigenvalue weighted by atomic mass is 10.2. The van der Waals surface area contributed by atoms with Gasteiger partial charge in [-0.3, -0.25) is 9.88 Å². The van der Waals surface area contributed by atoms with Crippen molar-refractivity contribution >= 4 is 0 Å². The Morgan fingerprint density at radius 3 is 3.12 bits per heavy atom. The van der Waals surface area contributed by atoms with Gasteiger partial charge in [0.25, 0.3) is 0 Å². The molecule has 0 saturated carbocycles. The highest BCUT2D eigenvalue weighted by molar-refractivity contribution is 5.17. The van der Waals surface area contributed by atoms with Crippen LogP contribution in [0.15, 0.2) is 18.3 Å². The van der Waals surface area contributed by atoms with Crippen molar-refractivity contribution in [3.8, 4) is 0 Å². The fraction of sp³-hybridized carbons (Fsp3) is 0.615. The smallest absolute Gasteiger partial charge is 0.0572 e. The third-order valence-electron chi connectivity index (χ3n) is 3.23. The molecule has 1 aliphatic rings. The van der Waals surface area contributed by atoms with E-state index >= 15 is 0 Å². The maximum absolute atomic E-state index is 4.43. The fourth-order valence-corrected chi connectivity index (χ4v) is 2.29. The van der Waals surface area contributed by atoms with Gasteiger partial charge in [0.15, 0.2) is 0 Å². The molecule has 1 unspecified atom stereocenters. The molecule has 0 spiro atoms. The first kappa shape index (κ1) is 11.6. The normalized spacial score (nSPS) is 20.6. The van der Waals surface area contributed by atoms with Crippen LogP contribution in [-0.4, -0.2) is 36.1 Å². The average molecular weight is 219 g/mol. The van der Waals surface area contributed by atoms with Crippen molar-refractivity contribution in [2.45, 2.75) is 32.4 Å². The lowest BCUT2D eigenvalue weighted by Gasteiger charge is -2.21. The molecule has 16 heavy (non-hydrogen) atoms. The van der Waals surface area contributed by atoms with Crippen molar-refractivity contribution < 1.29 is 0 Å². The topological polar surface area (TPSA) is 28.2 Å². The van der Waals surface area contributed by atoms with Gasteiger partial charge in [0, 0.05) is 25.3 Å². The third-order valence-corrected chi connectivity index (χ3v) is 3.23. The highest BCUT2D eigenvalue weighted by atomic mass is 15.1. The molecule has 3 nitrogen and oxygen atoms in total. The van der Waals surface area contributed by atoms with Crippen LogP contribution >= 0.6 is 0 Å². The molecule has 1 aliphatic heterocycles. The molecule has 1 aromatic heterocycles. The Labute approximate surface area is 97.9 Å². The second-order valence-electron chi connectivity index (χ2n) is 4.76. The van der Waals surface area contributed by atoms with E-state index in [0.29, 0.717) is 6.04 Å². The molecule has 0 amide bonds. The summed E-state index contributed by atoms with van der Waals surface area (Å²) in [5.41, 5.74) is 2.48. The maximum atomic E-state index is 4.43. The Bertz CT molecular complexity index is 332. The Morgan fingerprint density at radius 2 is 2.44 bits per heavy atom. The molecule has 2 rings (SSSR count). The maximum Gasteiger partial charge on any atom is 0.0572 e. The summed E-state index contributed by atoms with van der Waals surface area (Å²) in [5, 5.41) is 3.53. The van der Waals surface area contributed by atoms with E-state index in [1.165, 1.54) is 30.6 Å². The summed E-state index contributed by atoms with van der Waals surface area (Å²) >= 11 is 0. The summed E-state index contributed by atoms with van der Waals surface area (Å²) in [6, 6.07) is 4.80. The molecule has 0 aromatic carbocycles. The zero-order valence-corrected chi connectivity index (χ0v) is 10.2. The molecule has 1 fully saturated rings. The third kappa shape index (κ3) is 3.03. The Hall–Kier alpha value is -0.930. The van der Waals surface area contributed by atoms with Gasteiger partial charge < -0.3 is 5.32 Å². The number of aryl methyl sites for hydroxylation is 1. The van der Waals surface area contributed by atoms with Gasteiger partial charge >= 0.3 is 0 Å². The summed E-state index contributed by atoms with van der Waals surface area (Å²) in [7, 11) is 2.17. The second-order valence-corrected chi connectivity index (χ2v) is 4.76. The van der Waals surface area contributed by atoms with Crippen molar-refractivity contribution in [3.63, 3.8) is 0 Å². The van der Waals surface area contributed by atoms with Crippen molar-refractivity contribution in [2.24, 2.45) is 0 Å². The Morgan fingerprint density at radius 1 is 1.56 bits per heavy atom. The van der Waals surface area contributed by atoms with E-state index in [2.05, 4.69) is 35.2 Å². The molecule has 0 aliphatic carbocycles. The van der Waals surface area contributed by atoms with Gasteiger partial charge in [0.2, 0.25) is 0 Å². The van der Waals surface area contributed by atoms with E-state index < -0.39 is 0 Å². The summed E-state index contributed by atoms with van der Waals surface area (Å²) in [5.74, 6) is 0. The number of hydrogen-bond acceptors (Lipinski definition) is 3. The quantitative estimate of drug-likeness (QED) is 0.833. The molecule has 0 bridgehead atoms. The van der Waals surface area contributed by atoms with Gasteiger partial charge in [-0.25, -0.2) is 0 Å². The fourth-order valence-electron chi connectivity index (χ4n) is 2.29. The predicted octanol–water partition coefficient (Wildman–Crippen LogP) is 1.57. The van der Waals surface area contributed by atoms with E-state index in [1.807, 2.05) is 12.3 Å². The van der Waals surface area contributed by atoms with Crippen LogP contribution in [0.5, 0.6) is 0 Å². The highest BCUT2D eigenvalue weighted by Gasteiger charge is 2.16. The van der Waals surface area contributed by atoms with Crippen LogP contribution in [0.3, 0.4) is 0 Å². The summed E-state index contributed by atoms with van der Waals surface area (Å²) in [6.45, 7) is 5.38. The van der Waals surface area contributed by atoms with E-state index in [9.17, 15) is 0 Å². The van der Waals surface area contributed by atoms with Gasteiger partial charge in [-0.2, -0.15) is 0 Å². The van der Waals surface area contributed by atoms with Crippen LogP contribution in [0.2, 0.25) is 0 Å². The second kappa shape index (κ2) is 5.41. The van der Waals surface area contributed by atoms with Crippen LogP contribution in [0, 0.1) is 6.92 Å². The van der Waals surface area contributed by atoms with Gasteiger partial charge in [0.05, 0.1) is 5.69 Å². The largest absolute Gasteiger partial charge is 0.313 e. The van der Waals surface area contributed by atoms with Gasteiger partial charge in [0.1, 0.15) is 0 Å². The summed E-state index contributed by atoms with van der Waals surface area (Å²) in [6.07, 6.45) is 4.51. The van der Waals surface area contributed by atoms with Gasteiger partial charge in [-0.05, 0) is 45.0 Å². The zero-order valence-electron chi connectivity index (χ0n) is 10.2. The first-order valence-electron chi connectivity index (χ1n) is 6.08. The standard InChI is InChI=1S/C13H21N3/c1-11-5-3-8-15-13(11)10-16(2)9-12-6-4-7-14-12/h3,5,8,12,14H,4,6-7,9-10H2,1-2H3.